The van der Waals surface area contributed by atoms with Crippen LogP contribution in [0.5, 0.6) is 0 Å². The van der Waals surface area contributed by atoms with Crippen LogP contribution in [0.25, 0.3) is 11.3 Å². The predicted octanol–water partition coefficient (Wildman–Crippen LogP) is 3.20. The van der Waals surface area contributed by atoms with Gasteiger partial charge in [0.05, 0.1) is 23.8 Å². The number of carbonyl (C=O) groups is 1. The monoisotopic (exact) mass is 355 g/mol. The maximum absolute atomic E-state index is 12.6. The fourth-order valence-electron chi connectivity index (χ4n) is 2.55. The summed E-state index contributed by atoms with van der Waals surface area (Å²) < 4.78 is 37.7. The third-order valence-electron chi connectivity index (χ3n) is 3.85. The number of alkyl halides is 3. The summed E-state index contributed by atoms with van der Waals surface area (Å²) in [5, 5.41) is 8.45. The van der Waals surface area contributed by atoms with Crippen molar-refractivity contribution in [3.63, 3.8) is 0 Å². The summed E-state index contributed by atoms with van der Waals surface area (Å²) in [5.74, 6) is -0.0428. The Morgan fingerprint density at radius 1 is 1.33 bits per heavy atom. The van der Waals surface area contributed by atoms with Crippen LogP contribution in [0, 0.1) is 0 Å². The molecule has 1 amide bonds. The summed E-state index contributed by atoms with van der Waals surface area (Å²) in [6.07, 6.45) is -2.52. The largest absolute Gasteiger partial charge is 0.416 e. The molecule has 1 aromatic heterocycles. The predicted molar refractivity (Wildman–Crippen MR) is 85.4 cm³/mol. The van der Waals surface area contributed by atoms with Crippen molar-refractivity contribution in [3.8, 4) is 11.3 Å². The van der Waals surface area contributed by atoms with E-state index in [0.717, 1.165) is 36.5 Å². The van der Waals surface area contributed by atoms with Gasteiger partial charge in [0.15, 0.2) is 0 Å². The molecule has 1 fully saturated rings. The van der Waals surface area contributed by atoms with Crippen LogP contribution in [0.4, 0.5) is 13.2 Å². The third-order valence-corrected chi connectivity index (χ3v) is 4.70. The molecule has 4 nitrogen and oxygen atoms in total. The molecule has 8 heteroatoms. The fourth-order valence-corrected chi connectivity index (χ4v) is 3.29. The third kappa shape index (κ3) is 3.93. The first kappa shape index (κ1) is 16.9. The zero-order valence-corrected chi connectivity index (χ0v) is 13.5. The highest BCUT2D eigenvalue weighted by molar-refractivity contribution is 7.09. The lowest BCUT2D eigenvalue weighted by atomic mass is 10.1. The zero-order valence-electron chi connectivity index (χ0n) is 12.7. The van der Waals surface area contributed by atoms with E-state index in [2.05, 4.69) is 15.6 Å². The topological polar surface area (TPSA) is 54.0 Å². The van der Waals surface area contributed by atoms with Gasteiger partial charge in [0, 0.05) is 10.9 Å². The molecule has 1 aliphatic rings. The molecule has 1 unspecified atom stereocenters. The summed E-state index contributed by atoms with van der Waals surface area (Å²) in [7, 11) is 0. The van der Waals surface area contributed by atoms with Gasteiger partial charge < -0.3 is 10.6 Å². The van der Waals surface area contributed by atoms with E-state index in [9.17, 15) is 18.0 Å². The van der Waals surface area contributed by atoms with E-state index in [1.165, 1.54) is 23.5 Å². The van der Waals surface area contributed by atoms with Crippen molar-refractivity contribution in [2.75, 3.05) is 6.54 Å². The van der Waals surface area contributed by atoms with Gasteiger partial charge in [-0.1, -0.05) is 12.1 Å². The second kappa shape index (κ2) is 6.90. The number of thiazole rings is 1. The van der Waals surface area contributed by atoms with Gasteiger partial charge in [-0.05, 0) is 31.5 Å². The fraction of sp³-hybridized carbons (Fsp3) is 0.375. The van der Waals surface area contributed by atoms with Crippen LogP contribution in [-0.4, -0.2) is 23.5 Å². The Balaban J connectivity index is 1.61. The van der Waals surface area contributed by atoms with E-state index in [4.69, 9.17) is 0 Å². The Kier molecular flexibility index (Phi) is 4.86. The summed E-state index contributed by atoms with van der Waals surface area (Å²) in [4.78, 5) is 16.3. The Morgan fingerprint density at radius 2 is 2.08 bits per heavy atom. The highest BCUT2D eigenvalue weighted by Gasteiger charge is 2.30. The Bertz CT molecular complexity index is 706. The Hall–Kier alpha value is -1.93. The number of rotatable bonds is 4. The molecule has 2 aromatic rings. The average Bonchev–Trinajstić information content (AvgIpc) is 3.23. The SMILES string of the molecule is O=C(NCc1nc(-c2ccc(C(F)(F)F)cc2)cs1)C1CCCN1. The molecule has 0 radical (unpaired) electrons. The number of aromatic nitrogens is 1. The maximum atomic E-state index is 12.6. The summed E-state index contributed by atoms with van der Waals surface area (Å²) in [6, 6.07) is 4.76. The summed E-state index contributed by atoms with van der Waals surface area (Å²) in [6.45, 7) is 1.18. The van der Waals surface area contributed by atoms with Crippen molar-refractivity contribution < 1.29 is 18.0 Å². The van der Waals surface area contributed by atoms with Crippen molar-refractivity contribution >= 4 is 17.2 Å². The van der Waals surface area contributed by atoms with Crippen LogP contribution in [-0.2, 0) is 17.5 Å². The van der Waals surface area contributed by atoms with Gasteiger partial charge in [-0.2, -0.15) is 13.2 Å². The van der Waals surface area contributed by atoms with Crippen LogP contribution < -0.4 is 10.6 Å². The highest BCUT2D eigenvalue weighted by Crippen LogP contribution is 2.31. The lowest BCUT2D eigenvalue weighted by molar-refractivity contribution is -0.137. The molecule has 0 spiro atoms. The van der Waals surface area contributed by atoms with Crippen molar-refractivity contribution in [1.29, 1.82) is 0 Å². The molecule has 3 rings (SSSR count). The molecule has 24 heavy (non-hydrogen) atoms. The number of nitrogens with one attached hydrogen (secondary N) is 2. The van der Waals surface area contributed by atoms with E-state index in [0.29, 0.717) is 17.8 Å². The number of amides is 1. The number of hydrogen-bond acceptors (Lipinski definition) is 4. The summed E-state index contributed by atoms with van der Waals surface area (Å²) >= 11 is 1.37. The van der Waals surface area contributed by atoms with E-state index >= 15 is 0 Å². The molecule has 0 aliphatic carbocycles. The maximum Gasteiger partial charge on any atom is 0.416 e. The number of nitrogens with zero attached hydrogens (tertiary/aromatic N) is 1. The Labute approximate surface area is 141 Å². The highest BCUT2D eigenvalue weighted by atomic mass is 32.1. The van der Waals surface area contributed by atoms with E-state index < -0.39 is 11.7 Å². The quantitative estimate of drug-likeness (QED) is 0.886. The molecule has 0 saturated carbocycles. The van der Waals surface area contributed by atoms with Crippen LogP contribution in [0.15, 0.2) is 29.6 Å². The van der Waals surface area contributed by atoms with Crippen molar-refractivity contribution in [3.05, 3.63) is 40.2 Å². The van der Waals surface area contributed by atoms with Gasteiger partial charge in [-0.3, -0.25) is 4.79 Å². The van der Waals surface area contributed by atoms with E-state index in [1.807, 2.05) is 0 Å². The molecule has 128 valence electrons. The first-order valence-corrected chi connectivity index (χ1v) is 8.44. The van der Waals surface area contributed by atoms with Crippen LogP contribution >= 0.6 is 11.3 Å². The van der Waals surface area contributed by atoms with Crippen LogP contribution in [0.2, 0.25) is 0 Å². The van der Waals surface area contributed by atoms with Crippen molar-refractivity contribution in [2.45, 2.75) is 31.6 Å². The molecule has 1 aliphatic heterocycles. The lowest BCUT2D eigenvalue weighted by Crippen LogP contribution is -2.39. The smallest absolute Gasteiger partial charge is 0.348 e. The van der Waals surface area contributed by atoms with Crippen molar-refractivity contribution in [1.82, 2.24) is 15.6 Å². The van der Waals surface area contributed by atoms with Gasteiger partial charge in [0.2, 0.25) is 5.91 Å². The second-order valence-corrected chi connectivity index (χ2v) is 6.51. The molecule has 2 N–H and O–H groups in total. The first-order valence-electron chi connectivity index (χ1n) is 7.56. The van der Waals surface area contributed by atoms with Crippen LogP contribution in [0.3, 0.4) is 0 Å². The standard InChI is InChI=1S/C16H16F3N3OS/c17-16(18,19)11-5-3-10(4-6-11)13-9-24-14(22-13)8-21-15(23)12-2-1-7-20-12/h3-6,9,12,20H,1-2,7-8H2,(H,21,23). The minimum Gasteiger partial charge on any atom is -0.348 e. The Morgan fingerprint density at radius 3 is 2.71 bits per heavy atom. The van der Waals surface area contributed by atoms with Crippen LogP contribution in [0.1, 0.15) is 23.4 Å². The van der Waals surface area contributed by atoms with Gasteiger partial charge in [-0.15, -0.1) is 11.3 Å². The van der Waals surface area contributed by atoms with Crippen molar-refractivity contribution in [2.24, 2.45) is 0 Å². The molecular weight excluding hydrogens is 339 g/mol. The molecule has 1 aromatic carbocycles. The molecule has 0 bridgehead atoms. The molecular formula is C16H16F3N3OS. The van der Waals surface area contributed by atoms with Gasteiger partial charge in [-0.25, -0.2) is 4.98 Å². The molecule has 1 saturated heterocycles. The normalized spacial score (nSPS) is 17.9. The lowest BCUT2D eigenvalue weighted by Gasteiger charge is -2.09. The molecule has 2 heterocycles. The molecule has 1 atom stereocenters. The van der Waals surface area contributed by atoms with Gasteiger partial charge in [0.1, 0.15) is 5.01 Å². The number of halogens is 3. The first-order chi connectivity index (χ1) is 11.4. The summed E-state index contributed by atoms with van der Waals surface area (Å²) in [5.41, 5.74) is 0.546. The average molecular weight is 355 g/mol. The minimum absolute atomic E-state index is 0.0428. The number of hydrogen-bond donors (Lipinski definition) is 2. The zero-order chi connectivity index (χ0) is 17.2. The minimum atomic E-state index is -4.34. The van der Waals surface area contributed by atoms with E-state index in [-0.39, 0.29) is 11.9 Å². The van der Waals surface area contributed by atoms with E-state index in [1.54, 1.807) is 5.38 Å². The number of carbonyl (C=O) groups excluding carboxylic acids is 1. The van der Waals surface area contributed by atoms with Gasteiger partial charge >= 0.3 is 6.18 Å². The second-order valence-electron chi connectivity index (χ2n) is 5.57. The van der Waals surface area contributed by atoms with Gasteiger partial charge in [0.25, 0.3) is 0 Å². The number of benzene rings is 1.